The van der Waals surface area contributed by atoms with Gasteiger partial charge in [-0.2, -0.15) is 5.26 Å². The summed E-state index contributed by atoms with van der Waals surface area (Å²) in [6.45, 7) is 1.47. The quantitative estimate of drug-likeness (QED) is 0.905. The van der Waals surface area contributed by atoms with Crippen LogP contribution in [0.5, 0.6) is 0 Å². The zero-order valence-corrected chi connectivity index (χ0v) is 10.0. The van der Waals surface area contributed by atoms with Crippen molar-refractivity contribution in [2.45, 2.75) is 18.8 Å². The molecule has 1 unspecified atom stereocenters. The lowest BCUT2D eigenvalue weighted by molar-refractivity contribution is -0.143. The Balaban J connectivity index is 3.32. The molecule has 0 spiro atoms. The van der Waals surface area contributed by atoms with Gasteiger partial charge >= 0.3 is 5.97 Å². The van der Waals surface area contributed by atoms with Crippen molar-refractivity contribution in [1.29, 1.82) is 5.26 Å². The highest BCUT2D eigenvalue weighted by molar-refractivity contribution is 6.34. The maximum atomic E-state index is 11.2. The molecule has 0 bridgehead atoms. The molecule has 1 rings (SSSR count). The average Bonchev–Trinajstić information content (AvgIpc) is 2.16. The van der Waals surface area contributed by atoms with Gasteiger partial charge in [-0.25, -0.2) is 0 Å². The number of nitrogens with zero attached hydrogens (tertiary/aromatic N) is 1. The van der Waals surface area contributed by atoms with E-state index in [1.807, 2.05) is 6.07 Å². The van der Waals surface area contributed by atoms with Crippen LogP contribution in [-0.4, -0.2) is 11.1 Å². The first kappa shape index (κ1) is 12.8. The summed E-state index contributed by atoms with van der Waals surface area (Å²) in [7, 11) is 0. The minimum Gasteiger partial charge on any atom is -0.481 e. The minimum atomic E-state index is -1.29. The molecule has 84 valence electrons. The molecule has 0 aliphatic heterocycles. The zero-order chi connectivity index (χ0) is 12.3. The van der Waals surface area contributed by atoms with Crippen LogP contribution in [-0.2, 0) is 10.2 Å². The summed E-state index contributed by atoms with van der Waals surface area (Å²) in [6.07, 6.45) is -0.140. The van der Waals surface area contributed by atoms with E-state index in [2.05, 4.69) is 0 Å². The Labute approximate surface area is 103 Å². The molecule has 0 amide bonds. The number of hydrogen-bond donors (Lipinski definition) is 1. The molecule has 1 aromatic rings. The lowest BCUT2D eigenvalue weighted by Gasteiger charge is -2.22. The second-order valence-corrected chi connectivity index (χ2v) is 4.50. The van der Waals surface area contributed by atoms with Crippen molar-refractivity contribution < 1.29 is 9.90 Å². The topological polar surface area (TPSA) is 61.1 Å². The van der Waals surface area contributed by atoms with E-state index < -0.39 is 11.4 Å². The van der Waals surface area contributed by atoms with Gasteiger partial charge in [0, 0.05) is 10.0 Å². The van der Waals surface area contributed by atoms with Gasteiger partial charge in [-0.15, -0.1) is 0 Å². The molecule has 3 nitrogen and oxygen atoms in total. The summed E-state index contributed by atoms with van der Waals surface area (Å²) in [5, 5.41) is 18.5. The Bertz CT molecular complexity index is 447. The standard InChI is InChI=1S/C11H9Cl2NO2/c1-11(2-3-14,10(15)16)7-4-8(12)6-9(13)5-7/h4-6H,2H2,1H3,(H,15,16). The van der Waals surface area contributed by atoms with Crippen LogP contribution >= 0.6 is 23.2 Å². The monoisotopic (exact) mass is 257 g/mol. The molecule has 5 heteroatoms. The molecular weight excluding hydrogens is 249 g/mol. The van der Waals surface area contributed by atoms with Gasteiger partial charge in [0.1, 0.15) is 5.41 Å². The van der Waals surface area contributed by atoms with Gasteiger partial charge in [-0.3, -0.25) is 4.79 Å². The van der Waals surface area contributed by atoms with E-state index in [-0.39, 0.29) is 6.42 Å². The van der Waals surface area contributed by atoms with Crippen LogP contribution in [0, 0.1) is 11.3 Å². The van der Waals surface area contributed by atoms with Crippen LogP contribution < -0.4 is 0 Å². The van der Waals surface area contributed by atoms with Crippen LogP contribution in [0.4, 0.5) is 0 Å². The van der Waals surface area contributed by atoms with Gasteiger partial charge in [0.2, 0.25) is 0 Å². The number of halogens is 2. The third-order valence-corrected chi connectivity index (χ3v) is 2.84. The van der Waals surface area contributed by atoms with Crippen molar-refractivity contribution in [2.24, 2.45) is 0 Å². The molecule has 16 heavy (non-hydrogen) atoms. The highest BCUT2D eigenvalue weighted by Gasteiger charge is 2.35. The predicted octanol–water partition coefficient (Wildman–Crippen LogP) is 3.25. The number of carbonyl (C=O) groups is 1. The summed E-state index contributed by atoms with van der Waals surface area (Å²) < 4.78 is 0. The number of benzene rings is 1. The Hall–Kier alpha value is -1.24. The largest absolute Gasteiger partial charge is 0.481 e. The average molecular weight is 258 g/mol. The maximum Gasteiger partial charge on any atom is 0.314 e. The number of aliphatic carboxylic acids is 1. The van der Waals surface area contributed by atoms with Gasteiger partial charge in [-0.1, -0.05) is 23.2 Å². The minimum absolute atomic E-state index is 0.140. The van der Waals surface area contributed by atoms with Crippen LogP contribution in [0.15, 0.2) is 18.2 Å². The molecule has 1 atom stereocenters. The molecule has 0 aromatic heterocycles. The van der Waals surface area contributed by atoms with E-state index >= 15 is 0 Å². The Morgan fingerprint density at radius 1 is 1.44 bits per heavy atom. The molecule has 0 aliphatic carbocycles. The summed E-state index contributed by atoms with van der Waals surface area (Å²) in [5.74, 6) is -1.08. The second-order valence-electron chi connectivity index (χ2n) is 3.63. The summed E-state index contributed by atoms with van der Waals surface area (Å²) >= 11 is 11.6. The van der Waals surface area contributed by atoms with E-state index in [1.165, 1.54) is 25.1 Å². The predicted molar refractivity (Wildman–Crippen MR) is 61.7 cm³/mol. The molecule has 0 fully saturated rings. The first-order valence-corrected chi connectivity index (χ1v) is 5.22. The molecule has 0 heterocycles. The molecule has 0 aliphatic rings. The van der Waals surface area contributed by atoms with Crippen LogP contribution in [0.25, 0.3) is 0 Å². The maximum absolute atomic E-state index is 11.2. The highest BCUT2D eigenvalue weighted by Crippen LogP contribution is 2.32. The molecule has 0 saturated carbocycles. The van der Waals surface area contributed by atoms with E-state index in [1.54, 1.807) is 0 Å². The number of hydrogen-bond acceptors (Lipinski definition) is 2. The SMILES string of the molecule is CC(CC#N)(C(=O)O)c1cc(Cl)cc(Cl)c1. The van der Waals surface area contributed by atoms with Crippen molar-refractivity contribution in [3.63, 3.8) is 0 Å². The molecular formula is C11H9Cl2NO2. The van der Waals surface area contributed by atoms with Crippen LogP contribution in [0.2, 0.25) is 10.0 Å². The Morgan fingerprint density at radius 3 is 2.31 bits per heavy atom. The second kappa shape index (κ2) is 4.73. The molecule has 0 saturated heterocycles. The molecule has 1 N–H and O–H groups in total. The smallest absolute Gasteiger partial charge is 0.314 e. The van der Waals surface area contributed by atoms with E-state index in [4.69, 9.17) is 33.6 Å². The van der Waals surface area contributed by atoms with Crippen LogP contribution in [0.3, 0.4) is 0 Å². The molecule has 0 radical (unpaired) electrons. The van der Waals surface area contributed by atoms with E-state index in [9.17, 15) is 4.79 Å². The van der Waals surface area contributed by atoms with E-state index in [0.717, 1.165) is 0 Å². The third-order valence-electron chi connectivity index (χ3n) is 2.40. The van der Waals surface area contributed by atoms with Gasteiger partial charge < -0.3 is 5.11 Å². The van der Waals surface area contributed by atoms with Crippen molar-refractivity contribution in [3.05, 3.63) is 33.8 Å². The van der Waals surface area contributed by atoms with Gasteiger partial charge in [-0.05, 0) is 30.7 Å². The number of nitriles is 1. The fourth-order valence-corrected chi connectivity index (χ4v) is 1.86. The van der Waals surface area contributed by atoms with Gasteiger partial charge in [0.05, 0.1) is 12.5 Å². The van der Waals surface area contributed by atoms with Gasteiger partial charge in [0.25, 0.3) is 0 Å². The lowest BCUT2D eigenvalue weighted by atomic mass is 9.80. The van der Waals surface area contributed by atoms with Gasteiger partial charge in [0.15, 0.2) is 0 Å². The fourth-order valence-electron chi connectivity index (χ4n) is 1.33. The normalized spacial score (nSPS) is 13.9. The first-order valence-electron chi connectivity index (χ1n) is 4.47. The Morgan fingerprint density at radius 2 is 1.94 bits per heavy atom. The van der Waals surface area contributed by atoms with Crippen LogP contribution in [0.1, 0.15) is 18.9 Å². The van der Waals surface area contributed by atoms with Crippen molar-refractivity contribution in [3.8, 4) is 6.07 Å². The lowest BCUT2D eigenvalue weighted by Crippen LogP contribution is -2.31. The van der Waals surface area contributed by atoms with Crippen molar-refractivity contribution >= 4 is 29.2 Å². The van der Waals surface area contributed by atoms with Crippen molar-refractivity contribution in [2.75, 3.05) is 0 Å². The Kier molecular flexibility index (Phi) is 3.79. The molecule has 1 aromatic carbocycles. The summed E-state index contributed by atoms with van der Waals surface area (Å²) in [6, 6.07) is 6.40. The first-order chi connectivity index (χ1) is 7.40. The zero-order valence-electron chi connectivity index (χ0n) is 8.50. The fraction of sp³-hybridized carbons (Fsp3) is 0.273. The van der Waals surface area contributed by atoms with Crippen molar-refractivity contribution in [1.82, 2.24) is 0 Å². The number of rotatable bonds is 3. The summed E-state index contributed by atoms with van der Waals surface area (Å²) in [4.78, 5) is 11.2. The number of carboxylic acids is 1. The van der Waals surface area contributed by atoms with E-state index in [0.29, 0.717) is 15.6 Å². The number of carboxylic acid groups (broad SMARTS) is 1. The highest BCUT2D eigenvalue weighted by atomic mass is 35.5. The third kappa shape index (κ3) is 2.46. The summed E-state index contributed by atoms with van der Waals surface area (Å²) in [5.41, 5.74) is -0.859.